The lowest BCUT2D eigenvalue weighted by molar-refractivity contribution is -0.131. The average Bonchev–Trinajstić information content (AvgIpc) is 2.95. The lowest BCUT2D eigenvalue weighted by atomic mass is 9.92. The van der Waals surface area contributed by atoms with Crippen LogP contribution in [0.5, 0.6) is 0 Å². The van der Waals surface area contributed by atoms with E-state index in [0.717, 1.165) is 4.90 Å². The van der Waals surface area contributed by atoms with Gasteiger partial charge in [-0.15, -0.1) is 0 Å². The van der Waals surface area contributed by atoms with Crippen LogP contribution in [-0.4, -0.2) is 51.9 Å². The highest BCUT2D eigenvalue weighted by molar-refractivity contribution is 5.87. The molecule has 3 heterocycles. The number of anilines is 1. The van der Waals surface area contributed by atoms with Gasteiger partial charge in [-0.05, 0) is 18.4 Å². The minimum Gasteiger partial charge on any atom is -0.354 e. The van der Waals surface area contributed by atoms with Crippen molar-refractivity contribution >= 4 is 22.8 Å². The zero-order valence-corrected chi connectivity index (χ0v) is 12.8. The molecular formula is C16H20N6O. The van der Waals surface area contributed by atoms with Crippen molar-refractivity contribution < 1.29 is 14.4 Å². The molecule has 2 aromatic heterocycles. The maximum Gasteiger partial charge on any atom is 0.236 e. The van der Waals surface area contributed by atoms with Crippen LogP contribution in [0.1, 0.15) is 29.3 Å². The van der Waals surface area contributed by atoms with Crippen LogP contribution in [0.3, 0.4) is 0 Å². The van der Waals surface area contributed by atoms with E-state index in [1.54, 1.807) is 0 Å². The van der Waals surface area contributed by atoms with Gasteiger partial charge in [0.25, 0.3) is 0 Å². The van der Waals surface area contributed by atoms with E-state index in [-0.39, 0.29) is 42.0 Å². The Morgan fingerprint density at radius 1 is 1.74 bits per heavy atom. The molecule has 0 aromatic carbocycles. The predicted octanol–water partition coefficient (Wildman–Crippen LogP) is 1.54. The van der Waals surface area contributed by atoms with Crippen molar-refractivity contribution in [2.24, 2.45) is 5.89 Å². The molecular weight excluding hydrogens is 292 g/mol. The number of hydrogen-bond acceptors (Lipinski definition) is 5. The molecule has 1 saturated heterocycles. The minimum atomic E-state index is -2.76. The fourth-order valence-electron chi connectivity index (χ4n) is 2.60. The number of likely N-dealkylation sites (tertiary alicyclic amines) is 1. The third kappa shape index (κ3) is 2.84. The molecule has 1 fully saturated rings. The first-order valence-electron chi connectivity index (χ1n) is 10.5. The SMILES string of the molecule is [2H]c1nc(N(C)[C@@]2([2H])CN(C(=O)C([2H])([2H])C#N)CC[C@@]2([2H])C)c2c([2H])c([2H])[nH]c2n1. The average molecular weight is 319 g/mol. The first-order chi connectivity index (χ1) is 13.7. The number of fused-ring (bicyclic) bond motifs is 1. The van der Waals surface area contributed by atoms with Crippen LogP contribution in [0.2, 0.25) is 0 Å². The van der Waals surface area contributed by atoms with E-state index in [9.17, 15) is 4.79 Å². The van der Waals surface area contributed by atoms with Gasteiger partial charge in [0.15, 0.2) is 0 Å². The van der Waals surface area contributed by atoms with Gasteiger partial charge in [-0.25, -0.2) is 9.97 Å². The smallest absolute Gasteiger partial charge is 0.236 e. The van der Waals surface area contributed by atoms with Gasteiger partial charge >= 0.3 is 0 Å². The number of hydrogen-bond donors (Lipinski definition) is 1. The van der Waals surface area contributed by atoms with Crippen molar-refractivity contribution in [1.29, 1.82) is 5.26 Å². The Hall–Kier alpha value is -2.62. The third-order valence-corrected chi connectivity index (χ3v) is 3.91. The van der Waals surface area contributed by atoms with Gasteiger partial charge in [-0.3, -0.25) is 4.79 Å². The van der Waals surface area contributed by atoms with Gasteiger partial charge in [0.1, 0.15) is 25.5 Å². The molecule has 0 unspecified atom stereocenters. The molecule has 23 heavy (non-hydrogen) atoms. The molecule has 1 aliphatic rings. The summed E-state index contributed by atoms with van der Waals surface area (Å²) in [6, 6.07) is -0.771. The molecule has 7 nitrogen and oxygen atoms in total. The molecule has 1 N–H and O–H groups in total. The lowest BCUT2D eigenvalue weighted by Crippen LogP contribution is -2.52. The molecule has 1 aliphatic heterocycles. The summed E-state index contributed by atoms with van der Waals surface area (Å²) >= 11 is 0. The maximum atomic E-state index is 12.5. The van der Waals surface area contributed by atoms with E-state index in [0.29, 0.717) is 0 Å². The van der Waals surface area contributed by atoms with Crippen molar-refractivity contribution in [3.05, 3.63) is 18.5 Å². The van der Waals surface area contributed by atoms with Crippen LogP contribution in [-0.2, 0) is 4.79 Å². The second-order valence-corrected chi connectivity index (χ2v) is 5.25. The number of nitrogens with one attached hydrogen (secondary N) is 1. The van der Waals surface area contributed by atoms with E-state index >= 15 is 0 Å². The number of nitrogens with zero attached hydrogens (tertiary/aromatic N) is 5. The van der Waals surface area contributed by atoms with Crippen LogP contribution < -0.4 is 4.90 Å². The zero-order chi connectivity index (χ0) is 22.6. The normalized spacial score (nSPS) is 32.6. The number of aromatic nitrogens is 3. The number of rotatable bonds is 3. The predicted molar refractivity (Wildman–Crippen MR) is 86.7 cm³/mol. The Morgan fingerprint density at radius 3 is 3.35 bits per heavy atom. The fraction of sp³-hybridized carbons (Fsp3) is 0.500. The topological polar surface area (TPSA) is 88.9 Å². The second kappa shape index (κ2) is 6.24. The Balaban J connectivity index is 2.11. The van der Waals surface area contributed by atoms with Gasteiger partial charge in [-0.1, -0.05) is 6.92 Å². The first-order valence-corrected chi connectivity index (χ1v) is 7.03. The quantitative estimate of drug-likeness (QED) is 0.927. The molecule has 3 rings (SSSR count). The van der Waals surface area contributed by atoms with E-state index in [2.05, 4.69) is 15.0 Å². The molecule has 0 spiro atoms. The number of carbonyl (C=O) groups is 1. The zero-order valence-electron chi connectivity index (χ0n) is 19.8. The lowest BCUT2D eigenvalue weighted by Gasteiger charge is -2.42. The molecule has 120 valence electrons. The fourth-order valence-corrected chi connectivity index (χ4v) is 2.60. The Morgan fingerprint density at radius 2 is 2.57 bits per heavy atom. The molecule has 0 radical (unpaired) electrons. The second-order valence-electron chi connectivity index (χ2n) is 5.25. The van der Waals surface area contributed by atoms with Crippen LogP contribution in [0.4, 0.5) is 5.82 Å². The van der Waals surface area contributed by atoms with E-state index < -0.39 is 37.0 Å². The number of nitriles is 1. The largest absolute Gasteiger partial charge is 0.354 e. The van der Waals surface area contributed by atoms with Crippen molar-refractivity contribution in [3.8, 4) is 6.07 Å². The molecule has 0 saturated carbocycles. The third-order valence-electron chi connectivity index (χ3n) is 3.91. The summed E-state index contributed by atoms with van der Waals surface area (Å²) in [7, 11) is 1.43. The number of aromatic amines is 1. The molecule has 0 bridgehead atoms. The van der Waals surface area contributed by atoms with Crippen molar-refractivity contribution in [2.75, 3.05) is 25.0 Å². The summed E-state index contributed by atoms with van der Waals surface area (Å²) in [4.78, 5) is 25.2. The molecule has 1 amide bonds. The van der Waals surface area contributed by atoms with Crippen molar-refractivity contribution in [2.45, 2.75) is 25.7 Å². The van der Waals surface area contributed by atoms with E-state index in [1.807, 2.05) is 0 Å². The van der Waals surface area contributed by atoms with Crippen LogP contribution in [0.25, 0.3) is 11.0 Å². The number of carbonyl (C=O) groups excluding carboxylic acids is 1. The van der Waals surface area contributed by atoms with E-state index in [4.69, 9.17) is 14.9 Å². The molecule has 0 aliphatic carbocycles. The monoisotopic (exact) mass is 319 g/mol. The minimum absolute atomic E-state index is 0.00207. The summed E-state index contributed by atoms with van der Waals surface area (Å²) in [6.45, 7) is 1.11. The van der Waals surface area contributed by atoms with E-state index in [1.165, 1.54) is 24.9 Å². The Bertz CT molecular complexity index is 1060. The molecule has 2 aromatic rings. The summed E-state index contributed by atoms with van der Waals surface area (Å²) in [6.07, 6.45) is -3.39. The van der Waals surface area contributed by atoms with Gasteiger partial charge in [-0.2, -0.15) is 5.26 Å². The number of H-pyrrole nitrogens is 1. The summed E-state index contributed by atoms with van der Waals surface area (Å²) in [5, 5.41) is 9.06. The Labute approximate surface area is 144 Å². The van der Waals surface area contributed by atoms with Crippen LogP contribution >= 0.6 is 0 Å². The van der Waals surface area contributed by atoms with Gasteiger partial charge in [0.05, 0.1) is 24.3 Å². The number of likely N-dealkylation sites (N-methyl/N-ethyl adjacent to an activating group) is 1. The maximum absolute atomic E-state index is 12.5. The number of amides is 1. The highest BCUT2D eigenvalue weighted by Gasteiger charge is 2.32. The summed E-state index contributed by atoms with van der Waals surface area (Å²) in [5.74, 6) is -2.55. The molecule has 2 atom stereocenters. The summed E-state index contributed by atoms with van der Waals surface area (Å²) in [5.41, 5.74) is 0.0756. The summed E-state index contributed by atoms with van der Waals surface area (Å²) < 4.78 is 56.7. The highest BCUT2D eigenvalue weighted by Crippen LogP contribution is 2.28. The molecule has 7 heteroatoms. The van der Waals surface area contributed by atoms with Crippen LogP contribution in [0.15, 0.2) is 18.5 Å². The highest BCUT2D eigenvalue weighted by atomic mass is 16.2. The van der Waals surface area contributed by atoms with Gasteiger partial charge < -0.3 is 14.8 Å². The standard InChI is InChI=1S/C16H20N6O/c1-11-5-8-22(14(23)3-6-17)9-13(11)21(2)16-12-4-7-18-15(12)19-10-20-16/h4,7,10-11,13H,3,5,8-9H2,1-2H3,(H,18,19,20)/t11-,13+/m1/s1/i3D2,4D,7D,10D,11D,13D. The van der Waals surface area contributed by atoms with Gasteiger partial charge in [0, 0.05) is 27.7 Å². The van der Waals surface area contributed by atoms with Crippen molar-refractivity contribution in [3.63, 3.8) is 0 Å². The van der Waals surface area contributed by atoms with Crippen LogP contribution in [0, 0.1) is 17.2 Å². The van der Waals surface area contributed by atoms with Gasteiger partial charge in [0.2, 0.25) is 5.91 Å². The van der Waals surface area contributed by atoms with Crippen molar-refractivity contribution in [1.82, 2.24) is 19.9 Å². The number of piperidine rings is 1. The first kappa shape index (κ1) is 8.87. The Kier molecular flexibility index (Phi) is 2.41.